The molecule has 2 aromatic rings. The molecule has 2 aliphatic rings. The highest BCUT2D eigenvalue weighted by atomic mass is 16.6. The van der Waals surface area contributed by atoms with Gasteiger partial charge in [0.25, 0.3) is 0 Å². The van der Waals surface area contributed by atoms with Gasteiger partial charge in [0.15, 0.2) is 11.5 Å². The van der Waals surface area contributed by atoms with E-state index in [-0.39, 0.29) is 11.7 Å². The van der Waals surface area contributed by atoms with Gasteiger partial charge in [0, 0.05) is 43.6 Å². The van der Waals surface area contributed by atoms with Crippen LogP contribution in [0.4, 0.5) is 5.69 Å². The number of benzene rings is 2. The summed E-state index contributed by atoms with van der Waals surface area (Å²) in [4.78, 5) is 14.2. The maximum atomic E-state index is 11.8. The van der Waals surface area contributed by atoms with Gasteiger partial charge in [-0.2, -0.15) is 0 Å². The maximum Gasteiger partial charge on any atom is 0.163 e. The van der Waals surface area contributed by atoms with Crippen LogP contribution in [0.25, 0.3) is 0 Å². The van der Waals surface area contributed by atoms with Gasteiger partial charge in [0.1, 0.15) is 19.0 Å². The zero-order valence-electron chi connectivity index (χ0n) is 16.4. The molecule has 2 aliphatic heterocycles. The first kappa shape index (κ1) is 18.6. The van der Waals surface area contributed by atoms with Crippen LogP contribution in [0.1, 0.15) is 42.7 Å². The Bertz CT molecular complexity index is 853. The average molecular weight is 377 g/mol. The predicted molar refractivity (Wildman–Crippen MR) is 112 cm³/mol. The van der Waals surface area contributed by atoms with Gasteiger partial charge in [-0.05, 0) is 29.2 Å². The Morgan fingerprint density at radius 2 is 1.86 bits per heavy atom. The van der Waals surface area contributed by atoms with E-state index in [0.29, 0.717) is 32.0 Å². The molecule has 0 bridgehead atoms. The summed E-state index contributed by atoms with van der Waals surface area (Å²) in [7, 11) is 0. The number of carbonyl (C=O) groups excluding carboxylic acids is 1. The number of ether oxygens (including phenoxy) is 2. The van der Waals surface area contributed by atoms with Crippen LogP contribution < -0.4 is 14.4 Å². The Kier molecular flexibility index (Phi) is 5.38. The van der Waals surface area contributed by atoms with E-state index < -0.39 is 0 Å². The lowest BCUT2D eigenvalue weighted by Gasteiger charge is -2.41. The lowest BCUT2D eigenvalue weighted by atomic mass is 9.88. The van der Waals surface area contributed by atoms with Crippen molar-refractivity contribution >= 4 is 11.5 Å². The molecule has 0 amide bonds. The van der Waals surface area contributed by atoms with Crippen LogP contribution in [-0.2, 0) is 4.79 Å². The highest BCUT2D eigenvalue weighted by molar-refractivity contribution is 5.80. The Morgan fingerprint density at radius 1 is 1.14 bits per heavy atom. The van der Waals surface area contributed by atoms with Crippen LogP contribution >= 0.6 is 0 Å². The molecule has 0 aromatic heterocycles. The Morgan fingerprint density at radius 3 is 2.57 bits per heavy atom. The normalized spacial score (nSPS) is 17.0. The largest absolute Gasteiger partial charge is 0.486 e. The molecule has 1 atom stereocenters. The summed E-state index contributed by atoms with van der Waals surface area (Å²) >= 11 is 0. The number of nitrogens with zero attached hydrogens (tertiary/aromatic N) is 1. The van der Waals surface area contributed by atoms with Gasteiger partial charge in [-0.15, -0.1) is 6.58 Å². The second-order valence-electron chi connectivity index (χ2n) is 7.73. The first-order valence-corrected chi connectivity index (χ1v) is 10.0. The standard InChI is InChI=1S/C24H27NO3/c1-3-4-22(26)13-17(2)18-5-7-19(8-6-18)20-15-25(16-20)21-9-10-23-24(14-21)28-12-11-27-23/h3,5-10,14,17,20H,1,4,11-13,15-16H2,2H3/t17-/m1/s1. The van der Waals surface area contributed by atoms with E-state index in [4.69, 9.17) is 9.47 Å². The summed E-state index contributed by atoms with van der Waals surface area (Å²) < 4.78 is 11.3. The van der Waals surface area contributed by atoms with Crippen LogP contribution in [0.5, 0.6) is 11.5 Å². The molecular weight excluding hydrogens is 350 g/mol. The predicted octanol–water partition coefficient (Wildman–Crippen LogP) is 4.70. The van der Waals surface area contributed by atoms with E-state index in [0.717, 1.165) is 24.6 Å². The number of rotatable bonds is 7. The number of allylic oxidation sites excluding steroid dienone is 1. The summed E-state index contributed by atoms with van der Waals surface area (Å²) in [6.07, 6.45) is 2.72. The summed E-state index contributed by atoms with van der Waals surface area (Å²) in [6, 6.07) is 15.0. The zero-order chi connectivity index (χ0) is 19.5. The fourth-order valence-corrected chi connectivity index (χ4v) is 3.93. The Hall–Kier alpha value is -2.75. The van der Waals surface area contributed by atoms with Gasteiger partial charge in [0.05, 0.1) is 0 Å². The number of Topliss-reactive ketones (excluding diaryl/α,β-unsaturated/α-hetero) is 1. The molecule has 1 saturated heterocycles. The molecule has 4 nitrogen and oxygen atoms in total. The minimum absolute atomic E-state index is 0.247. The minimum Gasteiger partial charge on any atom is -0.486 e. The minimum atomic E-state index is 0.247. The quantitative estimate of drug-likeness (QED) is 0.656. The molecule has 2 aromatic carbocycles. The summed E-state index contributed by atoms with van der Waals surface area (Å²) in [5.41, 5.74) is 3.78. The van der Waals surface area contributed by atoms with Crippen molar-refractivity contribution in [3.8, 4) is 11.5 Å². The number of anilines is 1. The second kappa shape index (κ2) is 8.09. The first-order chi connectivity index (χ1) is 13.6. The van der Waals surface area contributed by atoms with E-state index in [2.05, 4.69) is 54.8 Å². The number of ketones is 1. The van der Waals surface area contributed by atoms with Crippen molar-refractivity contribution in [2.45, 2.75) is 31.6 Å². The van der Waals surface area contributed by atoms with Crippen molar-refractivity contribution in [1.29, 1.82) is 0 Å². The smallest absolute Gasteiger partial charge is 0.163 e. The number of hydrogen-bond acceptors (Lipinski definition) is 4. The van der Waals surface area contributed by atoms with Gasteiger partial charge in [-0.3, -0.25) is 4.79 Å². The summed E-state index contributed by atoms with van der Waals surface area (Å²) in [5.74, 6) is 2.72. The Balaban J connectivity index is 1.34. The average Bonchev–Trinajstić information content (AvgIpc) is 2.67. The number of carbonyl (C=O) groups is 1. The molecule has 1 fully saturated rings. The van der Waals surface area contributed by atoms with E-state index >= 15 is 0 Å². The first-order valence-electron chi connectivity index (χ1n) is 10.0. The highest BCUT2D eigenvalue weighted by Crippen LogP contribution is 2.38. The van der Waals surface area contributed by atoms with Crippen LogP contribution in [0.2, 0.25) is 0 Å². The zero-order valence-corrected chi connectivity index (χ0v) is 16.4. The Labute approximate surface area is 166 Å². The van der Waals surface area contributed by atoms with Crippen molar-refractivity contribution in [2.75, 3.05) is 31.2 Å². The van der Waals surface area contributed by atoms with Gasteiger partial charge in [-0.25, -0.2) is 0 Å². The van der Waals surface area contributed by atoms with E-state index in [1.807, 2.05) is 6.07 Å². The fourth-order valence-electron chi connectivity index (χ4n) is 3.93. The van der Waals surface area contributed by atoms with Crippen molar-refractivity contribution in [1.82, 2.24) is 0 Å². The van der Waals surface area contributed by atoms with E-state index in [1.165, 1.54) is 16.8 Å². The third kappa shape index (κ3) is 3.91. The van der Waals surface area contributed by atoms with Crippen molar-refractivity contribution in [3.05, 3.63) is 66.2 Å². The maximum absolute atomic E-state index is 11.8. The lowest BCUT2D eigenvalue weighted by molar-refractivity contribution is -0.118. The molecule has 2 heterocycles. The molecular formula is C24H27NO3. The highest BCUT2D eigenvalue weighted by Gasteiger charge is 2.29. The SMILES string of the molecule is C=CCC(=O)C[C@@H](C)c1ccc(C2CN(c3ccc4c(c3)OCCO4)C2)cc1. The lowest BCUT2D eigenvalue weighted by Crippen LogP contribution is -2.45. The van der Waals surface area contributed by atoms with Crippen LogP contribution in [0, 0.1) is 0 Å². The third-order valence-electron chi connectivity index (χ3n) is 5.66. The monoisotopic (exact) mass is 377 g/mol. The van der Waals surface area contributed by atoms with Crippen molar-refractivity contribution in [2.24, 2.45) is 0 Å². The number of fused-ring (bicyclic) bond motifs is 1. The van der Waals surface area contributed by atoms with Crippen LogP contribution in [-0.4, -0.2) is 32.1 Å². The molecule has 4 rings (SSSR count). The van der Waals surface area contributed by atoms with E-state index in [1.54, 1.807) is 6.08 Å². The third-order valence-corrected chi connectivity index (χ3v) is 5.66. The van der Waals surface area contributed by atoms with Gasteiger partial charge >= 0.3 is 0 Å². The van der Waals surface area contributed by atoms with Crippen molar-refractivity contribution < 1.29 is 14.3 Å². The molecule has 4 heteroatoms. The number of hydrogen-bond donors (Lipinski definition) is 0. The molecule has 0 aliphatic carbocycles. The summed E-state index contributed by atoms with van der Waals surface area (Å²) in [5, 5.41) is 0. The molecule has 0 unspecified atom stereocenters. The second-order valence-corrected chi connectivity index (χ2v) is 7.73. The molecule has 146 valence electrons. The summed E-state index contributed by atoms with van der Waals surface area (Å²) in [6.45, 7) is 9.00. The molecule has 0 radical (unpaired) electrons. The molecule has 0 saturated carbocycles. The topological polar surface area (TPSA) is 38.8 Å². The van der Waals surface area contributed by atoms with Crippen LogP contribution in [0.3, 0.4) is 0 Å². The fraction of sp³-hybridized carbons (Fsp3) is 0.375. The van der Waals surface area contributed by atoms with Gasteiger partial charge < -0.3 is 14.4 Å². The van der Waals surface area contributed by atoms with E-state index in [9.17, 15) is 4.79 Å². The van der Waals surface area contributed by atoms with Crippen molar-refractivity contribution in [3.63, 3.8) is 0 Å². The van der Waals surface area contributed by atoms with Gasteiger partial charge in [-0.1, -0.05) is 37.3 Å². The van der Waals surface area contributed by atoms with Gasteiger partial charge in [0.2, 0.25) is 0 Å². The molecule has 28 heavy (non-hydrogen) atoms. The van der Waals surface area contributed by atoms with Crippen LogP contribution in [0.15, 0.2) is 55.1 Å². The molecule has 0 spiro atoms. The molecule has 0 N–H and O–H groups in total.